The molecule has 1 aliphatic heterocycles. The molecule has 0 saturated carbocycles. The minimum atomic E-state index is -0.866. The third-order valence-electron chi connectivity index (χ3n) is 7.40. The largest absolute Gasteiger partial charge is 0.451 e. The van der Waals surface area contributed by atoms with Crippen molar-refractivity contribution in [2.24, 2.45) is 0 Å². The van der Waals surface area contributed by atoms with Crippen molar-refractivity contribution in [2.45, 2.75) is 38.8 Å². The molecule has 0 unspecified atom stereocenters. The molecule has 0 spiro atoms. The summed E-state index contributed by atoms with van der Waals surface area (Å²) in [6.45, 7) is 7.30. The minimum Gasteiger partial charge on any atom is -0.451 e. The maximum atomic E-state index is 13.2. The van der Waals surface area contributed by atoms with Gasteiger partial charge in [-0.1, -0.05) is 35.9 Å². The standard InChI is InChI=1S/C30H33N3O3/c1-4-21(2)19-33-15-12-30(35,13-16-33)24-10-11-27-23(17-24)18-28(36-27)29(34)32(3)20-22-7-5-9-26-25(22)8-6-14-31-26/h4-11,14,17-18,35H,12-13,15-16,19-20H2,1-3H3/b21-4+. The summed E-state index contributed by atoms with van der Waals surface area (Å²) >= 11 is 0. The van der Waals surface area contributed by atoms with Crippen LogP contribution in [0, 0.1) is 0 Å². The summed E-state index contributed by atoms with van der Waals surface area (Å²) in [5.41, 5.74) is 3.96. The van der Waals surface area contributed by atoms with E-state index < -0.39 is 5.60 Å². The van der Waals surface area contributed by atoms with E-state index in [1.165, 1.54) is 5.57 Å². The van der Waals surface area contributed by atoms with Gasteiger partial charge in [0.05, 0.1) is 11.1 Å². The van der Waals surface area contributed by atoms with E-state index in [2.05, 4.69) is 29.8 Å². The average Bonchev–Trinajstić information content (AvgIpc) is 3.33. The summed E-state index contributed by atoms with van der Waals surface area (Å²) in [7, 11) is 1.78. The van der Waals surface area contributed by atoms with Crippen molar-refractivity contribution < 1.29 is 14.3 Å². The number of allylic oxidation sites excluding steroid dienone is 1. The van der Waals surface area contributed by atoms with Gasteiger partial charge in [0, 0.05) is 50.2 Å². The smallest absolute Gasteiger partial charge is 0.289 e. The summed E-state index contributed by atoms with van der Waals surface area (Å²) in [4.78, 5) is 21.7. The van der Waals surface area contributed by atoms with E-state index in [0.29, 0.717) is 30.7 Å². The molecule has 2 aromatic carbocycles. The first-order valence-electron chi connectivity index (χ1n) is 12.5. The maximum absolute atomic E-state index is 13.2. The van der Waals surface area contributed by atoms with Crippen molar-refractivity contribution in [2.75, 3.05) is 26.7 Å². The Morgan fingerprint density at radius 1 is 1.17 bits per heavy atom. The van der Waals surface area contributed by atoms with Gasteiger partial charge in [-0.2, -0.15) is 0 Å². The second-order valence-electron chi connectivity index (χ2n) is 9.95. The number of hydrogen-bond acceptors (Lipinski definition) is 5. The van der Waals surface area contributed by atoms with Gasteiger partial charge in [-0.05, 0) is 68.1 Å². The molecule has 5 rings (SSSR count). The SMILES string of the molecule is C/C=C(\C)CN1CCC(O)(c2ccc3oc(C(=O)N(C)Cc4cccc5ncccc45)cc3c2)CC1. The molecule has 2 aromatic heterocycles. The Morgan fingerprint density at radius 3 is 2.75 bits per heavy atom. The number of carbonyl (C=O) groups is 1. The number of piperidine rings is 1. The van der Waals surface area contributed by atoms with E-state index in [9.17, 15) is 9.90 Å². The number of fused-ring (bicyclic) bond motifs is 2. The van der Waals surface area contributed by atoms with Crippen molar-refractivity contribution in [3.8, 4) is 0 Å². The molecule has 1 saturated heterocycles. The average molecular weight is 484 g/mol. The highest BCUT2D eigenvalue weighted by Crippen LogP contribution is 2.35. The number of benzene rings is 2. The Morgan fingerprint density at radius 2 is 1.97 bits per heavy atom. The quantitative estimate of drug-likeness (QED) is 0.367. The minimum absolute atomic E-state index is 0.181. The van der Waals surface area contributed by atoms with Gasteiger partial charge in [0.15, 0.2) is 5.76 Å². The van der Waals surface area contributed by atoms with Crippen LogP contribution in [0.2, 0.25) is 0 Å². The third-order valence-corrected chi connectivity index (χ3v) is 7.40. The first kappa shape index (κ1) is 24.2. The lowest BCUT2D eigenvalue weighted by molar-refractivity contribution is -0.0238. The summed E-state index contributed by atoms with van der Waals surface area (Å²) in [6, 6.07) is 17.4. The van der Waals surface area contributed by atoms with Gasteiger partial charge in [0.2, 0.25) is 0 Å². The summed E-state index contributed by atoms with van der Waals surface area (Å²) in [5, 5.41) is 13.3. The monoisotopic (exact) mass is 483 g/mol. The number of nitrogens with zero attached hydrogens (tertiary/aromatic N) is 3. The number of likely N-dealkylation sites (tertiary alicyclic amines) is 1. The van der Waals surface area contributed by atoms with Crippen LogP contribution in [-0.2, 0) is 12.1 Å². The zero-order chi connectivity index (χ0) is 25.3. The second kappa shape index (κ2) is 9.88. The van der Waals surface area contributed by atoms with Crippen molar-refractivity contribution in [3.63, 3.8) is 0 Å². The van der Waals surface area contributed by atoms with Crippen LogP contribution in [0.25, 0.3) is 21.9 Å². The Hall–Kier alpha value is -3.48. The van der Waals surface area contributed by atoms with Crippen molar-refractivity contribution in [1.29, 1.82) is 0 Å². The number of rotatable bonds is 6. The molecule has 1 aliphatic rings. The molecule has 4 aromatic rings. The highest BCUT2D eigenvalue weighted by Gasteiger charge is 2.34. The molecule has 1 fully saturated rings. The predicted octanol–water partition coefficient (Wildman–Crippen LogP) is 5.50. The Balaban J connectivity index is 1.32. The van der Waals surface area contributed by atoms with Crippen molar-refractivity contribution in [1.82, 2.24) is 14.8 Å². The van der Waals surface area contributed by atoms with E-state index >= 15 is 0 Å². The number of hydrogen-bond donors (Lipinski definition) is 1. The van der Waals surface area contributed by atoms with Gasteiger partial charge in [0.25, 0.3) is 5.91 Å². The van der Waals surface area contributed by atoms with Crippen LogP contribution >= 0.6 is 0 Å². The number of amides is 1. The van der Waals surface area contributed by atoms with Crippen LogP contribution in [-0.4, -0.2) is 52.5 Å². The van der Waals surface area contributed by atoms with Gasteiger partial charge < -0.3 is 14.4 Å². The molecule has 1 N–H and O–H groups in total. The summed E-state index contributed by atoms with van der Waals surface area (Å²) in [5.74, 6) is 0.117. The van der Waals surface area contributed by atoms with Gasteiger partial charge in [0.1, 0.15) is 5.58 Å². The molecular weight excluding hydrogens is 450 g/mol. The normalized spacial score (nSPS) is 16.5. The Labute approximate surface area is 211 Å². The first-order chi connectivity index (χ1) is 17.4. The number of carbonyl (C=O) groups excluding carboxylic acids is 1. The van der Waals surface area contributed by atoms with E-state index in [4.69, 9.17) is 4.42 Å². The van der Waals surface area contributed by atoms with Crippen LogP contribution in [0.4, 0.5) is 0 Å². The highest BCUT2D eigenvalue weighted by atomic mass is 16.3. The van der Waals surface area contributed by atoms with Crippen LogP contribution in [0.1, 0.15) is 48.4 Å². The molecule has 0 radical (unpaired) electrons. The van der Waals surface area contributed by atoms with E-state index in [1.807, 2.05) is 48.5 Å². The zero-order valence-electron chi connectivity index (χ0n) is 21.2. The number of pyridine rings is 1. The van der Waals surface area contributed by atoms with Crippen molar-refractivity contribution in [3.05, 3.63) is 89.3 Å². The maximum Gasteiger partial charge on any atom is 0.289 e. The summed E-state index contributed by atoms with van der Waals surface area (Å²) in [6.07, 6.45) is 5.28. The fraction of sp³-hybridized carbons (Fsp3) is 0.333. The third kappa shape index (κ3) is 4.79. The van der Waals surface area contributed by atoms with Crippen molar-refractivity contribution >= 4 is 27.8 Å². The first-order valence-corrected chi connectivity index (χ1v) is 12.5. The summed E-state index contributed by atoms with van der Waals surface area (Å²) < 4.78 is 5.92. The molecular formula is C30H33N3O3. The lowest BCUT2D eigenvalue weighted by atomic mass is 9.84. The fourth-order valence-corrected chi connectivity index (χ4v) is 5.07. The van der Waals surface area contributed by atoms with Gasteiger partial charge >= 0.3 is 0 Å². The van der Waals surface area contributed by atoms with Crippen LogP contribution < -0.4 is 0 Å². The lowest BCUT2D eigenvalue weighted by Crippen LogP contribution is -2.43. The van der Waals surface area contributed by atoms with Gasteiger partial charge in [-0.15, -0.1) is 0 Å². The molecule has 6 nitrogen and oxygen atoms in total. The lowest BCUT2D eigenvalue weighted by Gasteiger charge is -2.38. The second-order valence-corrected chi connectivity index (χ2v) is 9.95. The number of furan rings is 1. The molecule has 1 amide bonds. The van der Waals surface area contributed by atoms with E-state index in [-0.39, 0.29) is 5.91 Å². The zero-order valence-corrected chi connectivity index (χ0v) is 21.2. The molecule has 0 aliphatic carbocycles. The molecule has 36 heavy (non-hydrogen) atoms. The molecule has 0 atom stereocenters. The predicted molar refractivity (Wildman–Crippen MR) is 143 cm³/mol. The van der Waals surface area contributed by atoms with Crippen LogP contribution in [0.3, 0.4) is 0 Å². The molecule has 186 valence electrons. The highest BCUT2D eigenvalue weighted by molar-refractivity contribution is 5.96. The topological polar surface area (TPSA) is 69.8 Å². The molecule has 6 heteroatoms. The van der Waals surface area contributed by atoms with Crippen LogP contribution in [0.5, 0.6) is 0 Å². The van der Waals surface area contributed by atoms with E-state index in [0.717, 1.165) is 47.1 Å². The number of aliphatic hydroxyl groups is 1. The number of aromatic nitrogens is 1. The molecule has 0 bridgehead atoms. The Kier molecular flexibility index (Phi) is 6.65. The van der Waals surface area contributed by atoms with Gasteiger partial charge in [-0.3, -0.25) is 14.7 Å². The molecule has 3 heterocycles. The van der Waals surface area contributed by atoms with E-state index in [1.54, 1.807) is 24.2 Å². The van der Waals surface area contributed by atoms with Gasteiger partial charge in [-0.25, -0.2) is 0 Å². The Bertz CT molecular complexity index is 1420. The van der Waals surface area contributed by atoms with Crippen LogP contribution in [0.15, 0.2) is 76.9 Å². The fourth-order valence-electron chi connectivity index (χ4n) is 5.07.